The Morgan fingerprint density at radius 3 is 2.67 bits per heavy atom. The number of carbonyl (C=O) groups excluding carboxylic acids is 1. The Balaban J connectivity index is 2.95. The lowest BCUT2D eigenvalue weighted by molar-refractivity contribution is 0.0991. The third-order valence-corrected chi connectivity index (χ3v) is 2.40. The van der Waals surface area contributed by atoms with Crippen LogP contribution in [0.1, 0.15) is 10.5 Å². The summed E-state index contributed by atoms with van der Waals surface area (Å²) in [6, 6.07) is 8.73. The second kappa shape index (κ2) is 3.24. The molecule has 0 atom stereocenters. The number of aromatic nitrogens is 1. The Hall–Kier alpha value is -2.10. The largest absolute Gasteiger partial charge is 0.364 e. The lowest BCUT2D eigenvalue weighted by atomic mass is 10.1. The maximum absolute atomic E-state index is 11.8. The summed E-state index contributed by atoms with van der Waals surface area (Å²) in [6.45, 7) is 0. The quantitative estimate of drug-likeness (QED) is 0.737. The highest BCUT2D eigenvalue weighted by molar-refractivity contribution is 5.95. The molecule has 0 aliphatic rings. The van der Waals surface area contributed by atoms with Crippen LogP contribution in [0.3, 0.4) is 0 Å². The summed E-state index contributed by atoms with van der Waals surface area (Å²) in [6.07, 6.45) is 0. The van der Waals surface area contributed by atoms with Gasteiger partial charge >= 0.3 is 0 Å². The molecule has 0 aliphatic carbocycles. The number of hydrogen-bond acceptors (Lipinski definition) is 2. The van der Waals surface area contributed by atoms with Gasteiger partial charge in [-0.15, -0.1) is 0 Å². The Morgan fingerprint density at radius 1 is 1.33 bits per heavy atom. The molecule has 0 fully saturated rings. The topological polar surface area (TPSA) is 65.1 Å². The van der Waals surface area contributed by atoms with Gasteiger partial charge in [0.25, 0.3) is 11.5 Å². The number of fused-ring (bicyclic) bond motifs is 1. The Kier molecular flexibility index (Phi) is 2.04. The maximum Gasteiger partial charge on any atom is 0.265 e. The van der Waals surface area contributed by atoms with E-state index in [1.54, 1.807) is 24.3 Å². The fourth-order valence-electron chi connectivity index (χ4n) is 1.59. The van der Waals surface area contributed by atoms with Crippen LogP contribution in [-0.2, 0) is 7.05 Å². The van der Waals surface area contributed by atoms with Gasteiger partial charge in [-0.25, -0.2) is 0 Å². The van der Waals surface area contributed by atoms with E-state index in [9.17, 15) is 9.59 Å². The van der Waals surface area contributed by atoms with E-state index >= 15 is 0 Å². The summed E-state index contributed by atoms with van der Waals surface area (Å²) < 4.78 is 1.27. The van der Waals surface area contributed by atoms with Gasteiger partial charge in [0, 0.05) is 12.4 Å². The number of hydrogen-bond donors (Lipinski definition) is 1. The zero-order valence-corrected chi connectivity index (χ0v) is 8.23. The van der Waals surface area contributed by atoms with Crippen molar-refractivity contribution in [1.29, 1.82) is 0 Å². The van der Waals surface area contributed by atoms with Crippen molar-refractivity contribution in [2.75, 3.05) is 0 Å². The fourth-order valence-corrected chi connectivity index (χ4v) is 1.59. The number of amides is 1. The first-order chi connectivity index (χ1) is 7.11. The van der Waals surface area contributed by atoms with Crippen LogP contribution < -0.4 is 11.3 Å². The number of nitrogens with two attached hydrogens (primary N) is 1. The molecule has 1 amide bonds. The molecule has 0 unspecified atom stereocenters. The molecule has 0 spiro atoms. The summed E-state index contributed by atoms with van der Waals surface area (Å²) >= 11 is 0. The molecule has 76 valence electrons. The number of pyridine rings is 1. The number of primary amides is 1. The minimum atomic E-state index is -0.597. The van der Waals surface area contributed by atoms with E-state index in [1.807, 2.05) is 6.07 Å². The SMILES string of the molecule is Cn1c(C(N)=O)cc2ccccc2c1=O. The molecule has 1 aromatic heterocycles. The van der Waals surface area contributed by atoms with Gasteiger partial charge < -0.3 is 10.3 Å². The zero-order valence-electron chi connectivity index (χ0n) is 8.23. The number of nitrogens with zero attached hydrogens (tertiary/aromatic N) is 1. The average molecular weight is 202 g/mol. The van der Waals surface area contributed by atoms with Crippen LogP contribution in [0.4, 0.5) is 0 Å². The van der Waals surface area contributed by atoms with Crippen LogP contribution >= 0.6 is 0 Å². The van der Waals surface area contributed by atoms with Crippen LogP contribution in [0.5, 0.6) is 0 Å². The van der Waals surface area contributed by atoms with Crippen molar-refractivity contribution in [2.45, 2.75) is 0 Å². The molecule has 4 heteroatoms. The van der Waals surface area contributed by atoms with Crippen LogP contribution in [0, 0.1) is 0 Å². The first-order valence-corrected chi connectivity index (χ1v) is 4.50. The minimum Gasteiger partial charge on any atom is -0.364 e. The van der Waals surface area contributed by atoms with Crippen molar-refractivity contribution >= 4 is 16.7 Å². The third kappa shape index (κ3) is 1.40. The molecule has 1 heterocycles. The highest BCUT2D eigenvalue weighted by Gasteiger charge is 2.09. The molecule has 0 saturated heterocycles. The Morgan fingerprint density at radius 2 is 2.00 bits per heavy atom. The fraction of sp³-hybridized carbons (Fsp3) is 0.0909. The summed E-state index contributed by atoms with van der Waals surface area (Å²) in [4.78, 5) is 22.9. The smallest absolute Gasteiger partial charge is 0.265 e. The number of carbonyl (C=O) groups is 1. The monoisotopic (exact) mass is 202 g/mol. The van der Waals surface area contributed by atoms with E-state index in [0.717, 1.165) is 5.39 Å². The second-order valence-electron chi connectivity index (χ2n) is 3.35. The van der Waals surface area contributed by atoms with Crippen molar-refractivity contribution in [3.63, 3.8) is 0 Å². The van der Waals surface area contributed by atoms with Crippen molar-refractivity contribution in [3.8, 4) is 0 Å². The van der Waals surface area contributed by atoms with Crippen molar-refractivity contribution in [1.82, 2.24) is 4.57 Å². The molecule has 4 nitrogen and oxygen atoms in total. The summed E-state index contributed by atoms with van der Waals surface area (Å²) in [7, 11) is 1.54. The van der Waals surface area contributed by atoms with Gasteiger partial charge in [0.15, 0.2) is 0 Å². The molecule has 2 rings (SSSR count). The van der Waals surface area contributed by atoms with E-state index in [2.05, 4.69) is 0 Å². The standard InChI is InChI=1S/C11H10N2O2/c1-13-9(10(12)14)6-7-4-2-3-5-8(7)11(13)15/h2-6H,1H3,(H2,12,14). The summed E-state index contributed by atoms with van der Waals surface area (Å²) in [5.41, 5.74) is 5.19. The highest BCUT2D eigenvalue weighted by atomic mass is 16.2. The second-order valence-corrected chi connectivity index (χ2v) is 3.35. The minimum absolute atomic E-state index is 0.207. The van der Waals surface area contributed by atoms with Gasteiger partial charge in [0.1, 0.15) is 5.69 Å². The van der Waals surface area contributed by atoms with Crippen LogP contribution in [0.2, 0.25) is 0 Å². The first kappa shape index (κ1) is 9.45. The molecule has 0 saturated carbocycles. The van der Waals surface area contributed by atoms with Gasteiger partial charge in [-0.2, -0.15) is 0 Å². The van der Waals surface area contributed by atoms with E-state index in [1.165, 1.54) is 11.6 Å². The summed E-state index contributed by atoms with van der Waals surface area (Å²) in [5.74, 6) is -0.597. The Labute approximate surface area is 85.9 Å². The van der Waals surface area contributed by atoms with Crippen molar-refractivity contribution < 1.29 is 4.79 Å². The predicted octanol–water partition coefficient (Wildman–Crippen LogP) is 0.637. The molecular formula is C11H10N2O2. The van der Waals surface area contributed by atoms with Crippen LogP contribution in [-0.4, -0.2) is 10.5 Å². The van der Waals surface area contributed by atoms with E-state index in [0.29, 0.717) is 5.39 Å². The lowest BCUT2D eigenvalue weighted by Gasteiger charge is -2.06. The predicted molar refractivity (Wildman–Crippen MR) is 57.7 cm³/mol. The molecule has 15 heavy (non-hydrogen) atoms. The average Bonchev–Trinajstić information content (AvgIpc) is 2.23. The number of rotatable bonds is 1. The molecule has 0 aliphatic heterocycles. The normalized spacial score (nSPS) is 10.5. The van der Waals surface area contributed by atoms with Gasteiger partial charge in [-0.1, -0.05) is 18.2 Å². The lowest BCUT2D eigenvalue weighted by Crippen LogP contribution is -2.26. The molecule has 0 radical (unpaired) electrons. The van der Waals surface area contributed by atoms with Crippen LogP contribution in [0.25, 0.3) is 10.8 Å². The van der Waals surface area contributed by atoms with Crippen LogP contribution in [0.15, 0.2) is 35.1 Å². The summed E-state index contributed by atoms with van der Waals surface area (Å²) in [5, 5.41) is 1.32. The van der Waals surface area contributed by atoms with E-state index in [-0.39, 0.29) is 11.3 Å². The van der Waals surface area contributed by atoms with Crippen molar-refractivity contribution in [2.24, 2.45) is 12.8 Å². The van der Waals surface area contributed by atoms with Gasteiger partial charge in [0.05, 0.1) is 0 Å². The molecule has 2 aromatic rings. The molecule has 1 aromatic carbocycles. The van der Waals surface area contributed by atoms with Gasteiger partial charge in [-0.3, -0.25) is 9.59 Å². The zero-order chi connectivity index (χ0) is 11.0. The first-order valence-electron chi connectivity index (χ1n) is 4.50. The van der Waals surface area contributed by atoms with Gasteiger partial charge in [0.2, 0.25) is 0 Å². The third-order valence-electron chi connectivity index (χ3n) is 2.40. The maximum atomic E-state index is 11.8. The molecule has 2 N–H and O–H groups in total. The Bertz CT molecular complexity index is 599. The van der Waals surface area contributed by atoms with Gasteiger partial charge in [-0.05, 0) is 17.5 Å². The van der Waals surface area contributed by atoms with E-state index in [4.69, 9.17) is 5.73 Å². The number of benzene rings is 1. The highest BCUT2D eigenvalue weighted by Crippen LogP contribution is 2.10. The molecule has 0 bridgehead atoms. The van der Waals surface area contributed by atoms with Crippen molar-refractivity contribution in [3.05, 3.63) is 46.4 Å². The molecular weight excluding hydrogens is 192 g/mol. The van der Waals surface area contributed by atoms with E-state index < -0.39 is 5.91 Å².